The van der Waals surface area contributed by atoms with E-state index in [1.54, 1.807) is 0 Å². The highest BCUT2D eigenvalue weighted by Gasteiger charge is 2.19. The average molecular weight is 324 g/mol. The summed E-state index contributed by atoms with van der Waals surface area (Å²) >= 11 is 0. The highest BCUT2D eigenvalue weighted by molar-refractivity contribution is 5.77. The second-order valence-electron chi connectivity index (χ2n) is 6.07. The Labute approximate surface area is 145 Å². The highest BCUT2D eigenvalue weighted by atomic mass is 15.2. The van der Waals surface area contributed by atoms with Crippen LogP contribution < -0.4 is 0 Å². The summed E-state index contributed by atoms with van der Waals surface area (Å²) in [5.74, 6) is 0. The number of benzene rings is 3. The van der Waals surface area contributed by atoms with E-state index in [1.807, 2.05) is 43.0 Å². The number of aromatic nitrogens is 4. The van der Waals surface area contributed by atoms with Crippen LogP contribution in [-0.4, -0.2) is 19.1 Å². The van der Waals surface area contributed by atoms with E-state index in [2.05, 4.69) is 67.6 Å². The molecule has 0 saturated carbocycles. The van der Waals surface area contributed by atoms with Gasteiger partial charge in [0, 0.05) is 0 Å². The van der Waals surface area contributed by atoms with E-state index >= 15 is 0 Å². The van der Waals surface area contributed by atoms with Crippen LogP contribution in [-0.2, 0) is 0 Å². The second kappa shape index (κ2) is 5.60. The van der Waals surface area contributed by atoms with Crippen LogP contribution in [0.15, 0.2) is 91.5 Å². The van der Waals surface area contributed by atoms with Gasteiger partial charge in [0.05, 0.1) is 34.7 Å². The zero-order chi connectivity index (χ0) is 16.6. The van der Waals surface area contributed by atoms with Crippen LogP contribution in [0.1, 0.15) is 11.7 Å². The topological polar surface area (TPSA) is 35.6 Å². The molecule has 2 aromatic heterocycles. The van der Waals surface area contributed by atoms with Gasteiger partial charge in [0.2, 0.25) is 0 Å². The fourth-order valence-corrected chi connectivity index (χ4v) is 3.43. The van der Waals surface area contributed by atoms with Crippen LogP contribution in [0.3, 0.4) is 0 Å². The summed E-state index contributed by atoms with van der Waals surface area (Å²) < 4.78 is 4.41. The second-order valence-corrected chi connectivity index (χ2v) is 6.07. The first kappa shape index (κ1) is 14.0. The molecule has 0 aliphatic heterocycles. The Morgan fingerprint density at radius 1 is 0.560 bits per heavy atom. The zero-order valence-corrected chi connectivity index (χ0v) is 13.5. The van der Waals surface area contributed by atoms with E-state index in [-0.39, 0.29) is 6.17 Å². The van der Waals surface area contributed by atoms with Gasteiger partial charge in [-0.25, -0.2) is 9.97 Å². The van der Waals surface area contributed by atoms with Crippen LogP contribution in [0.4, 0.5) is 0 Å². The van der Waals surface area contributed by atoms with Crippen molar-refractivity contribution >= 4 is 22.1 Å². The number of hydrogen-bond acceptors (Lipinski definition) is 2. The van der Waals surface area contributed by atoms with E-state index in [4.69, 9.17) is 0 Å². The lowest BCUT2D eigenvalue weighted by Gasteiger charge is -2.22. The number of fused-ring (bicyclic) bond motifs is 2. The van der Waals surface area contributed by atoms with Crippen LogP contribution >= 0.6 is 0 Å². The van der Waals surface area contributed by atoms with Crippen LogP contribution in [0, 0.1) is 0 Å². The maximum absolute atomic E-state index is 4.58. The molecule has 3 aromatic carbocycles. The van der Waals surface area contributed by atoms with Crippen molar-refractivity contribution in [3.63, 3.8) is 0 Å². The van der Waals surface area contributed by atoms with Crippen molar-refractivity contribution < 1.29 is 0 Å². The van der Waals surface area contributed by atoms with Crippen molar-refractivity contribution in [1.29, 1.82) is 0 Å². The third kappa shape index (κ3) is 2.22. The molecule has 0 fully saturated rings. The Kier molecular flexibility index (Phi) is 3.13. The smallest absolute Gasteiger partial charge is 0.139 e. The molecule has 0 unspecified atom stereocenters. The molecule has 25 heavy (non-hydrogen) atoms. The Bertz CT molecular complexity index is 1080. The molecule has 0 atom stereocenters. The minimum Gasteiger partial charge on any atom is -0.305 e. The molecule has 0 radical (unpaired) electrons. The fraction of sp³-hybridized carbons (Fsp3) is 0.0476. The van der Waals surface area contributed by atoms with Gasteiger partial charge in [-0.15, -0.1) is 0 Å². The molecule has 0 N–H and O–H groups in total. The first-order valence-electron chi connectivity index (χ1n) is 8.30. The van der Waals surface area contributed by atoms with Gasteiger partial charge in [-0.2, -0.15) is 0 Å². The fourth-order valence-electron chi connectivity index (χ4n) is 3.43. The number of para-hydroxylation sites is 4. The lowest BCUT2D eigenvalue weighted by Crippen LogP contribution is -2.18. The summed E-state index contributed by atoms with van der Waals surface area (Å²) in [4.78, 5) is 9.17. The molecule has 0 amide bonds. The molecule has 5 rings (SSSR count). The monoisotopic (exact) mass is 324 g/mol. The first-order chi connectivity index (χ1) is 12.4. The summed E-state index contributed by atoms with van der Waals surface area (Å²) in [6.07, 6.45) is 3.79. The Morgan fingerprint density at radius 2 is 1.04 bits per heavy atom. The molecule has 4 heteroatoms. The first-order valence-corrected chi connectivity index (χ1v) is 8.30. The van der Waals surface area contributed by atoms with E-state index in [0.29, 0.717) is 0 Å². The van der Waals surface area contributed by atoms with Crippen molar-refractivity contribution in [2.24, 2.45) is 0 Å². The largest absolute Gasteiger partial charge is 0.305 e. The number of nitrogens with zero attached hydrogens (tertiary/aromatic N) is 4. The van der Waals surface area contributed by atoms with E-state index < -0.39 is 0 Å². The third-order valence-corrected chi connectivity index (χ3v) is 4.59. The Hall–Kier alpha value is -3.40. The zero-order valence-electron chi connectivity index (χ0n) is 13.5. The standard InChI is InChI=1S/C21H16N4/c1-2-8-16(9-3-1)21(24-14-22-17-10-4-6-12-19(17)24)25-15-23-18-11-5-7-13-20(18)25/h1-15,21H. The molecule has 0 aliphatic carbocycles. The van der Waals surface area contributed by atoms with Gasteiger partial charge in [0.25, 0.3) is 0 Å². The summed E-state index contributed by atoms with van der Waals surface area (Å²) in [7, 11) is 0. The molecular weight excluding hydrogens is 308 g/mol. The molecule has 0 spiro atoms. The van der Waals surface area contributed by atoms with Crippen molar-refractivity contribution in [1.82, 2.24) is 19.1 Å². The molecular formula is C21H16N4. The van der Waals surface area contributed by atoms with Crippen molar-refractivity contribution in [2.75, 3.05) is 0 Å². The molecule has 120 valence electrons. The molecule has 0 bridgehead atoms. The maximum atomic E-state index is 4.58. The van der Waals surface area contributed by atoms with Gasteiger partial charge in [-0.05, 0) is 29.8 Å². The summed E-state index contributed by atoms with van der Waals surface area (Å²) in [6, 6.07) is 26.9. The quantitative estimate of drug-likeness (QED) is 0.490. The van der Waals surface area contributed by atoms with Gasteiger partial charge < -0.3 is 9.13 Å². The maximum Gasteiger partial charge on any atom is 0.139 e. The van der Waals surface area contributed by atoms with Gasteiger partial charge in [-0.1, -0.05) is 54.6 Å². The van der Waals surface area contributed by atoms with Gasteiger partial charge in [0.1, 0.15) is 6.17 Å². The number of imidazole rings is 2. The molecule has 2 heterocycles. The normalized spacial score (nSPS) is 11.6. The van der Waals surface area contributed by atoms with Crippen molar-refractivity contribution in [3.05, 3.63) is 97.1 Å². The van der Waals surface area contributed by atoms with Gasteiger partial charge >= 0.3 is 0 Å². The van der Waals surface area contributed by atoms with E-state index in [1.165, 1.54) is 5.56 Å². The van der Waals surface area contributed by atoms with E-state index in [0.717, 1.165) is 22.1 Å². The Balaban J connectivity index is 1.81. The summed E-state index contributed by atoms with van der Waals surface area (Å²) in [5, 5.41) is 0. The summed E-state index contributed by atoms with van der Waals surface area (Å²) in [5.41, 5.74) is 5.39. The van der Waals surface area contributed by atoms with Crippen molar-refractivity contribution in [3.8, 4) is 0 Å². The van der Waals surface area contributed by atoms with Gasteiger partial charge in [-0.3, -0.25) is 0 Å². The summed E-state index contributed by atoms with van der Waals surface area (Å²) in [6.45, 7) is 0. The van der Waals surface area contributed by atoms with Crippen LogP contribution in [0.5, 0.6) is 0 Å². The minimum absolute atomic E-state index is 0.0407. The average Bonchev–Trinajstić information content (AvgIpc) is 3.29. The third-order valence-electron chi connectivity index (χ3n) is 4.59. The molecule has 0 saturated heterocycles. The number of hydrogen-bond donors (Lipinski definition) is 0. The highest BCUT2D eigenvalue weighted by Crippen LogP contribution is 2.28. The van der Waals surface area contributed by atoms with Gasteiger partial charge in [0.15, 0.2) is 0 Å². The predicted molar refractivity (Wildman–Crippen MR) is 99.4 cm³/mol. The SMILES string of the molecule is c1ccc(C(n2cnc3ccccc32)n2cnc3ccccc32)cc1. The van der Waals surface area contributed by atoms with Crippen molar-refractivity contribution in [2.45, 2.75) is 6.17 Å². The van der Waals surface area contributed by atoms with E-state index in [9.17, 15) is 0 Å². The van der Waals surface area contributed by atoms with Crippen LogP contribution in [0.25, 0.3) is 22.1 Å². The molecule has 4 nitrogen and oxygen atoms in total. The Morgan fingerprint density at radius 3 is 1.60 bits per heavy atom. The lowest BCUT2D eigenvalue weighted by atomic mass is 10.1. The number of rotatable bonds is 3. The predicted octanol–water partition coefficient (Wildman–Crippen LogP) is 4.48. The minimum atomic E-state index is -0.0407. The lowest BCUT2D eigenvalue weighted by molar-refractivity contribution is 0.527. The molecule has 0 aliphatic rings. The van der Waals surface area contributed by atoms with Crippen LogP contribution in [0.2, 0.25) is 0 Å². The molecule has 5 aromatic rings.